The first-order chi connectivity index (χ1) is 13.1. The third-order valence-corrected chi connectivity index (χ3v) is 4.28. The first-order valence-electron chi connectivity index (χ1n) is 8.58. The van der Waals surface area contributed by atoms with Crippen LogP contribution in [0.25, 0.3) is 10.9 Å². The molecule has 0 atom stereocenters. The van der Waals surface area contributed by atoms with E-state index in [4.69, 9.17) is 10.5 Å². The first kappa shape index (κ1) is 16.8. The number of fused-ring (bicyclic) bond motifs is 1. The predicted octanol–water partition coefficient (Wildman–Crippen LogP) is 4.76. The summed E-state index contributed by atoms with van der Waals surface area (Å²) >= 11 is 0. The fourth-order valence-corrected chi connectivity index (χ4v) is 2.90. The predicted molar refractivity (Wildman–Crippen MR) is 107 cm³/mol. The van der Waals surface area contributed by atoms with E-state index in [-0.39, 0.29) is 5.88 Å². The number of nitrogens with two attached hydrogens (primary N) is 1. The van der Waals surface area contributed by atoms with Crippen molar-refractivity contribution in [3.63, 3.8) is 0 Å². The SMILES string of the molecule is Cc1ccc(Nc2ncnc(Oc3cccc4cccnc34)c2N)c(C)c1. The van der Waals surface area contributed by atoms with Crippen molar-refractivity contribution >= 4 is 28.1 Å². The van der Waals surface area contributed by atoms with Gasteiger partial charge in [0.2, 0.25) is 5.88 Å². The Kier molecular flexibility index (Phi) is 4.30. The molecule has 0 aliphatic carbocycles. The van der Waals surface area contributed by atoms with Crippen molar-refractivity contribution in [2.75, 3.05) is 11.1 Å². The number of nitrogens with one attached hydrogen (secondary N) is 1. The van der Waals surface area contributed by atoms with E-state index in [2.05, 4.69) is 33.3 Å². The molecule has 134 valence electrons. The molecular weight excluding hydrogens is 338 g/mol. The van der Waals surface area contributed by atoms with Gasteiger partial charge in [-0.1, -0.05) is 35.9 Å². The Morgan fingerprint density at radius 3 is 2.67 bits per heavy atom. The van der Waals surface area contributed by atoms with E-state index in [0.29, 0.717) is 17.3 Å². The zero-order valence-corrected chi connectivity index (χ0v) is 15.1. The number of rotatable bonds is 4. The van der Waals surface area contributed by atoms with Gasteiger partial charge in [0.15, 0.2) is 11.6 Å². The van der Waals surface area contributed by atoms with Gasteiger partial charge < -0.3 is 15.8 Å². The highest BCUT2D eigenvalue weighted by Gasteiger charge is 2.13. The Morgan fingerprint density at radius 1 is 0.963 bits per heavy atom. The van der Waals surface area contributed by atoms with Gasteiger partial charge >= 0.3 is 0 Å². The number of aryl methyl sites for hydroxylation is 2. The second-order valence-electron chi connectivity index (χ2n) is 6.32. The summed E-state index contributed by atoms with van der Waals surface area (Å²) in [5.74, 6) is 1.38. The Hall–Kier alpha value is -3.67. The largest absolute Gasteiger partial charge is 0.435 e. The molecule has 0 saturated carbocycles. The van der Waals surface area contributed by atoms with Gasteiger partial charge in [0.25, 0.3) is 0 Å². The van der Waals surface area contributed by atoms with Crippen molar-refractivity contribution in [3.8, 4) is 11.6 Å². The van der Waals surface area contributed by atoms with Crippen molar-refractivity contribution in [1.29, 1.82) is 0 Å². The minimum atomic E-state index is 0.287. The van der Waals surface area contributed by atoms with Crippen molar-refractivity contribution in [3.05, 3.63) is 72.2 Å². The standard InChI is InChI=1S/C21H19N5O/c1-13-8-9-16(14(2)11-13)26-20-18(22)21(25-12-24-20)27-17-7-3-5-15-6-4-10-23-19(15)17/h3-12H,22H2,1-2H3,(H,24,25,26). The zero-order chi connectivity index (χ0) is 18.8. The minimum absolute atomic E-state index is 0.287. The normalized spacial score (nSPS) is 10.7. The van der Waals surface area contributed by atoms with E-state index in [1.54, 1.807) is 6.20 Å². The Morgan fingerprint density at radius 2 is 1.81 bits per heavy atom. The van der Waals surface area contributed by atoms with E-state index in [1.807, 2.05) is 49.4 Å². The molecule has 0 unspecified atom stereocenters. The third kappa shape index (κ3) is 3.37. The Labute approximate surface area is 157 Å². The maximum absolute atomic E-state index is 6.27. The third-order valence-electron chi connectivity index (χ3n) is 4.28. The van der Waals surface area contributed by atoms with E-state index < -0.39 is 0 Å². The lowest BCUT2D eigenvalue weighted by Crippen LogP contribution is -2.04. The Bertz CT molecular complexity index is 1120. The van der Waals surface area contributed by atoms with Crippen LogP contribution in [-0.2, 0) is 0 Å². The molecular formula is C21H19N5O. The number of aromatic nitrogens is 3. The Balaban J connectivity index is 1.67. The number of anilines is 3. The summed E-state index contributed by atoms with van der Waals surface area (Å²) in [4.78, 5) is 12.8. The van der Waals surface area contributed by atoms with Gasteiger partial charge in [0, 0.05) is 17.3 Å². The first-order valence-corrected chi connectivity index (χ1v) is 8.58. The molecule has 6 heteroatoms. The summed E-state index contributed by atoms with van der Waals surface area (Å²) in [5.41, 5.74) is 10.6. The number of pyridine rings is 1. The molecule has 0 bridgehead atoms. The summed E-state index contributed by atoms with van der Waals surface area (Å²) in [6, 6.07) is 15.7. The van der Waals surface area contributed by atoms with Crippen LogP contribution < -0.4 is 15.8 Å². The molecule has 4 rings (SSSR count). The molecule has 0 fully saturated rings. The van der Waals surface area contributed by atoms with Crippen molar-refractivity contribution in [2.45, 2.75) is 13.8 Å². The van der Waals surface area contributed by atoms with Crippen LogP contribution in [0.5, 0.6) is 11.6 Å². The number of ether oxygens (including phenoxy) is 1. The van der Waals surface area contributed by atoms with Gasteiger partial charge in [-0.05, 0) is 37.6 Å². The van der Waals surface area contributed by atoms with Gasteiger partial charge in [0.05, 0.1) is 0 Å². The molecule has 2 aromatic carbocycles. The summed E-state index contributed by atoms with van der Waals surface area (Å²) in [6.07, 6.45) is 3.15. The number of nitrogens with zero attached hydrogens (tertiary/aromatic N) is 3. The lowest BCUT2D eigenvalue weighted by molar-refractivity contribution is 0.469. The second kappa shape index (κ2) is 6.92. The van der Waals surface area contributed by atoms with Gasteiger partial charge in [-0.15, -0.1) is 0 Å². The number of para-hydroxylation sites is 1. The highest BCUT2D eigenvalue weighted by atomic mass is 16.5. The quantitative estimate of drug-likeness (QED) is 0.548. The molecule has 0 spiro atoms. The van der Waals surface area contributed by atoms with Crippen molar-refractivity contribution in [1.82, 2.24) is 15.0 Å². The lowest BCUT2D eigenvalue weighted by atomic mass is 10.1. The maximum atomic E-state index is 6.27. The average Bonchev–Trinajstić information content (AvgIpc) is 2.67. The molecule has 0 aliphatic heterocycles. The van der Waals surface area contributed by atoms with Crippen LogP contribution in [-0.4, -0.2) is 15.0 Å². The molecule has 3 N–H and O–H groups in total. The molecule has 2 heterocycles. The zero-order valence-electron chi connectivity index (χ0n) is 15.1. The number of benzene rings is 2. The lowest BCUT2D eigenvalue weighted by Gasteiger charge is -2.14. The maximum Gasteiger partial charge on any atom is 0.248 e. The van der Waals surface area contributed by atoms with E-state index >= 15 is 0 Å². The van der Waals surface area contributed by atoms with Gasteiger partial charge in [-0.3, -0.25) is 4.98 Å². The van der Waals surface area contributed by atoms with Crippen LogP contribution in [0.4, 0.5) is 17.2 Å². The molecule has 2 aromatic heterocycles. The topological polar surface area (TPSA) is 86.0 Å². The molecule has 0 radical (unpaired) electrons. The monoisotopic (exact) mass is 357 g/mol. The van der Waals surface area contributed by atoms with Crippen LogP contribution in [0.1, 0.15) is 11.1 Å². The highest BCUT2D eigenvalue weighted by Crippen LogP contribution is 2.34. The smallest absolute Gasteiger partial charge is 0.248 e. The number of hydrogen-bond acceptors (Lipinski definition) is 6. The second-order valence-corrected chi connectivity index (χ2v) is 6.32. The molecule has 4 aromatic rings. The summed E-state index contributed by atoms with van der Waals surface area (Å²) in [6.45, 7) is 4.09. The number of hydrogen-bond donors (Lipinski definition) is 2. The molecule has 0 amide bonds. The van der Waals surface area contributed by atoms with Crippen LogP contribution in [0, 0.1) is 13.8 Å². The van der Waals surface area contributed by atoms with Gasteiger partial charge in [-0.2, -0.15) is 4.98 Å². The van der Waals surface area contributed by atoms with Crippen LogP contribution in [0.3, 0.4) is 0 Å². The highest BCUT2D eigenvalue weighted by molar-refractivity contribution is 5.85. The molecule has 0 saturated heterocycles. The molecule has 27 heavy (non-hydrogen) atoms. The van der Waals surface area contributed by atoms with Crippen molar-refractivity contribution in [2.24, 2.45) is 0 Å². The molecule has 0 aliphatic rings. The van der Waals surface area contributed by atoms with E-state index in [9.17, 15) is 0 Å². The van der Waals surface area contributed by atoms with Crippen LogP contribution >= 0.6 is 0 Å². The van der Waals surface area contributed by atoms with E-state index in [1.165, 1.54) is 11.9 Å². The van der Waals surface area contributed by atoms with Crippen LogP contribution in [0.2, 0.25) is 0 Å². The van der Waals surface area contributed by atoms with E-state index in [0.717, 1.165) is 22.2 Å². The van der Waals surface area contributed by atoms with Crippen molar-refractivity contribution < 1.29 is 4.74 Å². The summed E-state index contributed by atoms with van der Waals surface area (Å²) < 4.78 is 5.97. The average molecular weight is 357 g/mol. The number of nitrogen functional groups attached to an aromatic ring is 1. The van der Waals surface area contributed by atoms with Gasteiger partial charge in [0.1, 0.15) is 17.5 Å². The fourth-order valence-electron chi connectivity index (χ4n) is 2.90. The summed E-state index contributed by atoms with van der Waals surface area (Å²) in [5, 5.41) is 4.24. The molecule has 6 nitrogen and oxygen atoms in total. The summed E-state index contributed by atoms with van der Waals surface area (Å²) in [7, 11) is 0. The van der Waals surface area contributed by atoms with Gasteiger partial charge in [-0.25, -0.2) is 4.98 Å². The fraction of sp³-hybridized carbons (Fsp3) is 0.0952. The minimum Gasteiger partial charge on any atom is -0.435 e. The van der Waals surface area contributed by atoms with Crippen LogP contribution in [0.15, 0.2) is 61.1 Å².